The van der Waals surface area contributed by atoms with Crippen LogP contribution in [0.3, 0.4) is 0 Å². The highest BCUT2D eigenvalue weighted by atomic mass is 19.3. The number of nitrogens with zero attached hydrogens (tertiary/aromatic N) is 5. The third kappa shape index (κ3) is 9.57. The first-order valence-corrected chi connectivity index (χ1v) is 17.1. The van der Waals surface area contributed by atoms with Crippen molar-refractivity contribution in [2.45, 2.75) is 77.3 Å². The third-order valence-corrected chi connectivity index (χ3v) is 8.88. The average Bonchev–Trinajstić information content (AvgIpc) is 3.73. The summed E-state index contributed by atoms with van der Waals surface area (Å²) >= 11 is 0. The number of anilines is 3. The van der Waals surface area contributed by atoms with Crippen LogP contribution in [0.25, 0.3) is 0 Å². The van der Waals surface area contributed by atoms with Crippen LogP contribution in [-0.2, 0) is 36.6 Å². The molecule has 1 unspecified atom stereocenters. The van der Waals surface area contributed by atoms with Crippen molar-refractivity contribution >= 4 is 23.2 Å². The lowest BCUT2D eigenvalue weighted by Crippen LogP contribution is -2.25. The maximum Gasteiger partial charge on any atom is 0.291 e. The lowest BCUT2D eigenvalue weighted by molar-refractivity contribution is 0.0524. The summed E-state index contributed by atoms with van der Waals surface area (Å²) in [6.45, 7) is 11.1. The zero-order valence-electron chi connectivity index (χ0n) is 28.7. The Hall–Kier alpha value is -4.48. The number of unbranched alkanes of at least 4 members (excludes halogenated alkanes) is 1. The van der Waals surface area contributed by atoms with Crippen molar-refractivity contribution in [2.24, 2.45) is 0 Å². The van der Waals surface area contributed by atoms with Gasteiger partial charge in [-0.15, -0.1) is 0 Å². The molecule has 0 saturated carbocycles. The molecule has 0 radical (unpaired) electrons. The molecule has 5 rings (SSSR count). The van der Waals surface area contributed by atoms with Gasteiger partial charge in [-0.3, -0.25) is 14.4 Å². The number of fused-ring (bicyclic) bond motifs is 1. The number of aryl methyl sites for hydroxylation is 1. The smallest absolute Gasteiger partial charge is 0.291 e. The van der Waals surface area contributed by atoms with Gasteiger partial charge in [-0.05, 0) is 110 Å². The molecular weight excluding hydrogens is 624 g/mol. The van der Waals surface area contributed by atoms with Crippen molar-refractivity contribution in [3.63, 3.8) is 0 Å². The van der Waals surface area contributed by atoms with Crippen LogP contribution in [0, 0.1) is 0 Å². The summed E-state index contributed by atoms with van der Waals surface area (Å²) in [5, 5.41) is 10.4. The first-order valence-electron chi connectivity index (χ1n) is 17.1. The molecule has 1 atom stereocenters. The summed E-state index contributed by atoms with van der Waals surface area (Å²) in [5.41, 5.74) is 5.51. The van der Waals surface area contributed by atoms with Crippen molar-refractivity contribution in [1.29, 1.82) is 0 Å². The Labute approximate surface area is 287 Å². The third-order valence-electron chi connectivity index (χ3n) is 8.88. The molecule has 1 amide bonds. The van der Waals surface area contributed by atoms with E-state index in [1.54, 1.807) is 24.1 Å². The number of ether oxygens (including phenoxy) is 1. The fourth-order valence-corrected chi connectivity index (χ4v) is 6.31. The molecule has 2 aromatic carbocycles. The van der Waals surface area contributed by atoms with E-state index in [2.05, 4.69) is 51.0 Å². The van der Waals surface area contributed by atoms with E-state index in [0.29, 0.717) is 43.0 Å². The summed E-state index contributed by atoms with van der Waals surface area (Å²) in [7, 11) is 1.66. The highest BCUT2D eigenvalue weighted by molar-refractivity contribution is 6.04. The zero-order chi connectivity index (χ0) is 34.8. The van der Waals surface area contributed by atoms with Gasteiger partial charge in [0.05, 0.1) is 25.0 Å². The lowest BCUT2D eigenvalue weighted by atomic mass is 9.93. The number of aromatic nitrogens is 4. The van der Waals surface area contributed by atoms with Gasteiger partial charge in [0.1, 0.15) is 0 Å². The number of halogens is 2. The fourth-order valence-electron chi connectivity index (χ4n) is 6.31. The highest BCUT2D eigenvalue weighted by Gasteiger charge is 2.29. The van der Waals surface area contributed by atoms with Crippen LogP contribution in [0.2, 0.25) is 0 Å². The van der Waals surface area contributed by atoms with Crippen LogP contribution in [-0.4, -0.2) is 57.4 Å². The minimum absolute atomic E-state index is 0.183. The molecular formula is C38H47F2N7O2. The van der Waals surface area contributed by atoms with Crippen LogP contribution >= 0.6 is 0 Å². The first kappa shape index (κ1) is 35.8. The van der Waals surface area contributed by atoms with Gasteiger partial charge in [-0.25, -0.2) is 9.97 Å². The van der Waals surface area contributed by atoms with Crippen LogP contribution in [0.15, 0.2) is 73.8 Å². The molecule has 2 heterocycles. The van der Waals surface area contributed by atoms with Gasteiger partial charge < -0.3 is 15.4 Å². The number of rotatable bonds is 18. The van der Waals surface area contributed by atoms with E-state index in [4.69, 9.17) is 4.74 Å². The summed E-state index contributed by atoms with van der Waals surface area (Å²) in [6, 6.07) is 10.4. The molecule has 0 saturated heterocycles. The summed E-state index contributed by atoms with van der Waals surface area (Å²) in [4.78, 5) is 24.8. The second kappa shape index (κ2) is 16.8. The Bertz CT molecular complexity index is 1710. The normalized spacial score (nSPS) is 14.2. The van der Waals surface area contributed by atoms with Crippen molar-refractivity contribution < 1.29 is 18.3 Å². The number of amides is 1. The van der Waals surface area contributed by atoms with Crippen molar-refractivity contribution in [2.75, 3.05) is 37.4 Å². The quantitative estimate of drug-likeness (QED) is 0.104. The molecule has 9 nitrogen and oxygen atoms in total. The number of allylic oxidation sites excluding steroid dienone is 1. The van der Waals surface area contributed by atoms with E-state index >= 15 is 0 Å². The van der Waals surface area contributed by atoms with Gasteiger partial charge >= 0.3 is 0 Å². The summed E-state index contributed by atoms with van der Waals surface area (Å²) in [5.74, 6) is -2.87. The van der Waals surface area contributed by atoms with Gasteiger partial charge in [-0.2, -0.15) is 13.9 Å². The predicted molar refractivity (Wildman–Crippen MR) is 190 cm³/mol. The topological polar surface area (TPSA) is 97.2 Å². The lowest BCUT2D eigenvalue weighted by Gasteiger charge is -2.23. The van der Waals surface area contributed by atoms with Crippen LogP contribution in [0.4, 0.5) is 26.1 Å². The molecule has 4 aromatic rings. The first-order chi connectivity index (χ1) is 23.7. The Balaban J connectivity index is 1.27. The van der Waals surface area contributed by atoms with E-state index in [1.165, 1.54) is 17.7 Å². The predicted octanol–water partition coefficient (Wildman–Crippen LogP) is 7.88. The minimum atomic E-state index is -3.22. The SMILES string of the molecule is C=CC(F)(F)c1cc(CN(CCC)CCCC)cc(NC(=O)c2ccc3c(c2)C(Cc2cnc(Nc4cnn(CCOC)c4)nc2)CC3)c1. The average molecular weight is 672 g/mol. The van der Waals surface area contributed by atoms with Gasteiger partial charge in [0.25, 0.3) is 11.8 Å². The van der Waals surface area contributed by atoms with Crippen molar-refractivity contribution in [1.82, 2.24) is 24.6 Å². The number of methoxy groups -OCH3 is 1. The summed E-state index contributed by atoms with van der Waals surface area (Å²) in [6.07, 6.45) is 13.6. The van der Waals surface area contributed by atoms with E-state index in [0.717, 1.165) is 74.0 Å². The molecule has 2 N–H and O–H groups in total. The number of alkyl halides is 2. The second-order valence-electron chi connectivity index (χ2n) is 12.7. The molecule has 0 fully saturated rings. The minimum Gasteiger partial charge on any atom is -0.383 e. The molecule has 260 valence electrons. The van der Waals surface area contributed by atoms with E-state index in [9.17, 15) is 13.6 Å². The van der Waals surface area contributed by atoms with Gasteiger partial charge in [0.15, 0.2) is 0 Å². The van der Waals surface area contributed by atoms with Crippen molar-refractivity contribution in [3.05, 3.63) is 107 Å². The molecule has 11 heteroatoms. The van der Waals surface area contributed by atoms with Crippen LogP contribution in [0.1, 0.15) is 83.6 Å². The number of hydrogen-bond acceptors (Lipinski definition) is 7. The number of benzene rings is 2. The van der Waals surface area contributed by atoms with E-state index in [-0.39, 0.29) is 17.4 Å². The Morgan fingerprint density at radius 1 is 1.08 bits per heavy atom. The van der Waals surface area contributed by atoms with Crippen LogP contribution < -0.4 is 10.6 Å². The molecule has 49 heavy (non-hydrogen) atoms. The number of hydrogen-bond donors (Lipinski definition) is 2. The number of carbonyl (C=O) groups is 1. The highest BCUT2D eigenvalue weighted by Crippen LogP contribution is 2.37. The van der Waals surface area contributed by atoms with Crippen molar-refractivity contribution in [3.8, 4) is 0 Å². The monoisotopic (exact) mass is 671 g/mol. The fraction of sp³-hybridized carbons (Fsp3) is 0.421. The molecule has 2 aromatic heterocycles. The van der Waals surface area contributed by atoms with Gasteiger partial charge in [0, 0.05) is 49.1 Å². The maximum atomic E-state index is 14.9. The molecule has 0 spiro atoms. The molecule has 1 aliphatic carbocycles. The van der Waals surface area contributed by atoms with Gasteiger partial charge in [-0.1, -0.05) is 32.9 Å². The number of carbonyl (C=O) groups excluding carboxylic acids is 1. The molecule has 1 aliphatic rings. The largest absolute Gasteiger partial charge is 0.383 e. The maximum absolute atomic E-state index is 14.9. The Kier molecular flexibility index (Phi) is 12.2. The second-order valence-corrected chi connectivity index (χ2v) is 12.7. The summed E-state index contributed by atoms with van der Waals surface area (Å²) < 4.78 is 36.6. The Morgan fingerprint density at radius 3 is 2.63 bits per heavy atom. The number of nitrogens with one attached hydrogen (secondary N) is 2. The zero-order valence-corrected chi connectivity index (χ0v) is 28.7. The van der Waals surface area contributed by atoms with E-state index in [1.807, 2.05) is 36.8 Å². The molecule has 0 aliphatic heterocycles. The van der Waals surface area contributed by atoms with Gasteiger partial charge in [0.2, 0.25) is 5.95 Å². The van der Waals surface area contributed by atoms with E-state index < -0.39 is 5.92 Å². The Morgan fingerprint density at radius 2 is 1.90 bits per heavy atom. The van der Waals surface area contributed by atoms with Crippen LogP contribution in [0.5, 0.6) is 0 Å². The standard InChI is InChI=1S/C38H47F2N7O2/c1-5-8-14-46(13-6-2)25-27-18-32(38(39,40)7-3)21-33(19-27)44-36(48)31-12-10-29-9-11-30(35(29)20-31)17-28-22-41-37(42-23-28)45-34-24-43-47(26-34)15-16-49-4/h7,10,12,18-24,26,30H,3,5-6,8-9,11,13-17,25H2,1-2,4H3,(H,44,48)(H,41,42,45). The molecule has 0 bridgehead atoms.